The fourth-order valence-corrected chi connectivity index (χ4v) is 2.87. The van der Waals surface area contributed by atoms with Gasteiger partial charge in [-0.05, 0) is 17.9 Å². The topological polar surface area (TPSA) is 49.6 Å². The molecule has 2 aromatic heterocycles. The number of nitrogens with zero attached hydrogens (tertiary/aromatic N) is 3. The molecule has 0 amide bonds. The lowest BCUT2D eigenvalue weighted by Gasteiger charge is -1.98. The van der Waals surface area contributed by atoms with E-state index < -0.39 is 0 Å². The van der Waals surface area contributed by atoms with Crippen LogP contribution in [0.25, 0.3) is 10.2 Å². The second-order valence-corrected chi connectivity index (χ2v) is 4.55. The summed E-state index contributed by atoms with van der Waals surface area (Å²) in [4.78, 5) is 9.36. The van der Waals surface area contributed by atoms with Gasteiger partial charge in [0.1, 0.15) is 16.2 Å². The maximum Gasteiger partial charge on any atom is 0.128 e. The van der Waals surface area contributed by atoms with E-state index in [0.29, 0.717) is 5.75 Å². The number of hydrogen-bond acceptors (Lipinski definition) is 5. The van der Waals surface area contributed by atoms with Crippen LogP contribution in [0.1, 0.15) is 5.56 Å². The fourth-order valence-electron chi connectivity index (χ4n) is 1.19. The molecule has 3 nitrogen and oxygen atoms in total. The highest BCUT2D eigenvalue weighted by Crippen LogP contribution is 2.30. The predicted molar refractivity (Wildman–Crippen MR) is 58.5 cm³/mol. The molecule has 0 fully saturated rings. The highest BCUT2D eigenvalue weighted by atomic mass is 32.2. The Hall–Kier alpha value is -1.12. The van der Waals surface area contributed by atoms with Crippen LogP contribution in [0.5, 0.6) is 0 Å². The lowest BCUT2D eigenvalue weighted by atomic mass is 10.3. The molecule has 14 heavy (non-hydrogen) atoms. The van der Waals surface area contributed by atoms with Gasteiger partial charge in [0.2, 0.25) is 0 Å². The molecule has 0 saturated carbocycles. The van der Waals surface area contributed by atoms with E-state index in [1.165, 1.54) is 17.3 Å². The van der Waals surface area contributed by atoms with E-state index in [4.69, 9.17) is 5.26 Å². The Balaban J connectivity index is 2.53. The number of nitriles is 1. The molecule has 0 aliphatic carbocycles. The number of hydrogen-bond donors (Lipinski definition) is 0. The van der Waals surface area contributed by atoms with Crippen LogP contribution in [0.4, 0.5) is 0 Å². The molecular weight excluding hydrogens is 214 g/mol. The Morgan fingerprint density at radius 2 is 2.43 bits per heavy atom. The van der Waals surface area contributed by atoms with Crippen LogP contribution in [0.3, 0.4) is 0 Å². The van der Waals surface area contributed by atoms with Crippen LogP contribution in [0, 0.1) is 18.3 Å². The number of rotatable bonds is 2. The molecule has 0 radical (unpaired) electrons. The van der Waals surface area contributed by atoms with Crippen molar-refractivity contribution in [1.29, 1.82) is 5.26 Å². The highest BCUT2D eigenvalue weighted by Gasteiger charge is 2.08. The summed E-state index contributed by atoms with van der Waals surface area (Å²) < 4.78 is 0. The number of aromatic nitrogens is 2. The number of thioether (sulfide) groups is 1. The summed E-state index contributed by atoms with van der Waals surface area (Å²) in [7, 11) is 0. The van der Waals surface area contributed by atoms with Crippen LogP contribution in [0.15, 0.2) is 16.7 Å². The summed E-state index contributed by atoms with van der Waals surface area (Å²) >= 11 is 3.08. The normalized spacial score (nSPS) is 10.3. The van der Waals surface area contributed by atoms with Gasteiger partial charge in [-0.25, -0.2) is 9.97 Å². The van der Waals surface area contributed by atoms with E-state index >= 15 is 0 Å². The molecule has 0 bridgehead atoms. The molecule has 0 saturated heterocycles. The minimum atomic E-state index is 0.432. The standard InChI is InChI=1S/C9H7N3S2/c1-6-4-14-9-7(6)8(11-5-12-9)13-3-2-10/h4-5H,3H2,1H3. The second-order valence-electron chi connectivity index (χ2n) is 2.72. The molecule has 0 spiro atoms. The second kappa shape index (κ2) is 3.95. The molecule has 2 heterocycles. The first-order valence-corrected chi connectivity index (χ1v) is 5.88. The van der Waals surface area contributed by atoms with Crippen molar-refractivity contribution in [2.45, 2.75) is 11.9 Å². The van der Waals surface area contributed by atoms with Gasteiger partial charge >= 0.3 is 0 Å². The summed E-state index contributed by atoms with van der Waals surface area (Å²) in [5, 5.41) is 12.6. The van der Waals surface area contributed by atoms with Crippen LogP contribution < -0.4 is 0 Å². The fraction of sp³-hybridized carbons (Fsp3) is 0.222. The first-order chi connectivity index (χ1) is 6.83. The molecular formula is C9H7N3S2. The van der Waals surface area contributed by atoms with Crippen molar-refractivity contribution in [2.24, 2.45) is 0 Å². The van der Waals surface area contributed by atoms with E-state index in [1.807, 2.05) is 6.92 Å². The Kier molecular flexibility index (Phi) is 2.66. The lowest BCUT2D eigenvalue weighted by Crippen LogP contribution is -1.85. The van der Waals surface area contributed by atoms with Crippen LogP contribution >= 0.6 is 23.1 Å². The van der Waals surface area contributed by atoms with Crippen LogP contribution in [-0.2, 0) is 0 Å². The summed E-state index contributed by atoms with van der Waals surface area (Å²) in [6, 6.07) is 2.10. The third kappa shape index (κ3) is 1.59. The summed E-state index contributed by atoms with van der Waals surface area (Å²) in [5.74, 6) is 0.432. The van der Waals surface area contributed by atoms with Gasteiger partial charge in [0.25, 0.3) is 0 Å². The SMILES string of the molecule is Cc1csc2ncnc(SCC#N)c12. The zero-order valence-electron chi connectivity index (χ0n) is 7.52. The van der Waals surface area contributed by atoms with E-state index in [1.54, 1.807) is 17.7 Å². The minimum Gasteiger partial charge on any atom is -0.229 e. The first-order valence-electron chi connectivity index (χ1n) is 4.01. The molecule has 0 N–H and O–H groups in total. The molecule has 0 aliphatic heterocycles. The predicted octanol–water partition coefficient (Wildman–Crippen LogP) is 2.62. The maximum absolute atomic E-state index is 8.51. The maximum atomic E-state index is 8.51. The van der Waals surface area contributed by atoms with Gasteiger partial charge in [0.05, 0.1) is 11.8 Å². The van der Waals surface area contributed by atoms with Crippen LogP contribution in [0.2, 0.25) is 0 Å². The molecule has 0 aromatic carbocycles. The molecule has 5 heteroatoms. The molecule has 70 valence electrons. The number of thiophene rings is 1. The lowest BCUT2D eigenvalue weighted by molar-refractivity contribution is 1.11. The third-order valence-electron chi connectivity index (χ3n) is 1.79. The Bertz CT molecular complexity index is 498. The molecule has 2 aromatic rings. The summed E-state index contributed by atoms with van der Waals surface area (Å²) in [6.45, 7) is 2.04. The van der Waals surface area contributed by atoms with Crippen molar-refractivity contribution in [3.63, 3.8) is 0 Å². The Morgan fingerprint density at radius 1 is 1.57 bits per heavy atom. The highest BCUT2D eigenvalue weighted by molar-refractivity contribution is 7.99. The van der Waals surface area contributed by atoms with Gasteiger partial charge in [-0.1, -0.05) is 11.8 Å². The van der Waals surface area contributed by atoms with Crippen molar-refractivity contribution in [2.75, 3.05) is 5.75 Å². The molecule has 0 unspecified atom stereocenters. The van der Waals surface area contributed by atoms with Gasteiger partial charge in [-0.2, -0.15) is 5.26 Å². The van der Waals surface area contributed by atoms with Crippen molar-refractivity contribution in [3.05, 3.63) is 17.3 Å². The monoisotopic (exact) mass is 221 g/mol. The van der Waals surface area contributed by atoms with E-state index in [0.717, 1.165) is 15.2 Å². The zero-order chi connectivity index (χ0) is 9.97. The van der Waals surface area contributed by atoms with Gasteiger partial charge < -0.3 is 0 Å². The minimum absolute atomic E-state index is 0.432. The smallest absolute Gasteiger partial charge is 0.128 e. The quantitative estimate of drug-likeness (QED) is 0.577. The van der Waals surface area contributed by atoms with Gasteiger partial charge in [-0.3, -0.25) is 0 Å². The Labute approximate surface area is 89.8 Å². The van der Waals surface area contributed by atoms with Crippen molar-refractivity contribution < 1.29 is 0 Å². The van der Waals surface area contributed by atoms with E-state index in [2.05, 4.69) is 21.4 Å². The van der Waals surface area contributed by atoms with Crippen molar-refractivity contribution in [3.8, 4) is 6.07 Å². The van der Waals surface area contributed by atoms with Gasteiger partial charge in [0.15, 0.2) is 0 Å². The van der Waals surface area contributed by atoms with Crippen molar-refractivity contribution in [1.82, 2.24) is 9.97 Å². The van der Waals surface area contributed by atoms with E-state index in [9.17, 15) is 0 Å². The molecule has 0 atom stereocenters. The molecule has 0 aliphatic rings. The van der Waals surface area contributed by atoms with Crippen molar-refractivity contribution >= 4 is 33.3 Å². The van der Waals surface area contributed by atoms with E-state index in [-0.39, 0.29) is 0 Å². The average molecular weight is 221 g/mol. The van der Waals surface area contributed by atoms with Gasteiger partial charge in [0, 0.05) is 5.39 Å². The zero-order valence-corrected chi connectivity index (χ0v) is 9.15. The Morgan fingerprint density at radius 3 is 3.21 bits per heavy atom. The molecule has 2 rings (SSSR count). The third-order valence-corrected chi connectivity index (χ3v) is 3.65. The van der Waals surface area contributed by atoms with Gasteiger partial charge in [-0.15, -0.1) is 11.3 Å². The number of fused-ring (bicyclic) bond motifs is 1. The summed E-state index contributed by atoms with van der Waals surface area (Å²) in [5.41, 5.74) is 1.19. The first kappa shape index (κ1) is 9.44. The number of aryl methyl sites for hydroxylation is 1. The largest absolute Gasteiger partial charge is 0.229 e. The average Bonchev–Trinajstić information content (AvgIpc) is 2.58. The van der Waals surface area contributed by atoms with Crippen LogP contribution in [-0.4, -0.2) is 15.7 Å². The summed E-state index contributed by atoms with van der Waals surface area (Å²) in [6.07, 6.45) is 1.55.